The minimum atomic E-state index is 0.0288. The molecular weight excluding hydrogens is 745 g/mol. The molecular formula is C62H62. The minimum Gasteiger partial charge on any atom is -0.0616 e. The highest BCUT2D eigenvalue weighted by Gasteiger charge is 2.27. The van der Waals surface area contributed by atoms with Crippen LogP contribution in [0, 0.1) is 0 Å². The number of hydrogen-bond acceptors (Lipinski definition) is 0. The predicted molar refractivity (Wildman–Crippen MR) is 273 cm³/mol. The maximum atomic E-state index is 2.46. The van der Waals surface area contributed by atoms with E-state index in [1.165, 1.54) is 110 Å². The molecule has 0 amide bonds. The van der Waals surface area contributed by atoms with Gasteiger partial charge in [0, 0.05) is 0 Å². The summed E-state index contributed by atoms with van der Waals surface area (Å²) in [5, 5.41) is 10.2. The van der Waals surface area contributed by atoms with Crippen LogP contribution in [0.3, 0.4) is 0 Å². The lowest BCUT2D eigenvalue weighted by Gasteiger charge is -2.26. The van der Waals surface area contributed by atoms with E-state index in [1.54, 1.807) is 0 Å². The predicted octanol–water partition coefficient (Wildman–Crippen LogP) is 18.2. The smallest absolute Gasteiger partial charge is 0.000741 e. The van der Waals surface area contributed by atoms with Crippen LogP contribution in [-0.2, 0) is 21.7 Å². The molecule has 0 aliphatic rings. The summed E-state index contributed by atoms with van der Waals surface area (Å²) < 4.78 is 0. The Bertz CT molecular complexity index is 2910. The van der Waals surface area contributed by atoms with Gasteiger partial charge < -0.3 is 0 Å². The van der Waals surface area contributed by atoms with Crippen molar-refractivity contribution in [1.82, 2.24) is 0 Å². The number of benzene rings is 9. The molecule has 0 heteroatoms. The fourth-order valence-corrected chi connectivity index (χ4v) is 9.59. The summed E-state index contributed by atoms with van der Waals surface area (Å²) in [4.78, 5) is 0. The van der Waals surface area contributed by atoms with E-state index in [1.807, 2.05) is 0 Å². The quantitative estimate of drug-likeness (QED) is 0.123. The van der Waals surface area contributed by atoms with E-state index in [0.29, 0.717) is 0 Å². The molecule has 0 N–H and O–H groups in total. The fourth-order valence-electron chi connectivity index (χ4n) is 9.59. The zero-order chi connectivity index (χ0) is 43.9. The second-order valence-corrected chi connectivity index (χ2v) is 21.8. The number of hydrogen-bond donors (Lipinski definition) is 0. The van der Waals surface area contributed by atoms with Gasteiger partial charge in [0.05, 0.1) is 0 Å². The zero-order valence-corrected chi connectivity index (χ0v) is 39.0. The summed E-state index contributed by atoms with van der Waals surface area (Å²) in [5.74, 6) is 0. The summed E-state index contributed by atoms with van der Waals surface area (Å²) in [6.45, 7) is 27.7. The molecule has 0 saturated carbocycles. The molecule has 0 bridgehead atoms. The molecule has 0 aliphatic carbocycles. The van der Waals surface area contributed by atoms with E-state index < -0.39 is 0 Å². The van der Waals surface area contributed by atoms with Crippen LogP contribution < -0.4 is 0 Å². The Kier molecular flexibility index (Phi) is 9.90. The van der Waals surface area contributed by atoms with Crippen molar-refractivity contribution in [1.29, 1.82) is 0 Å². The van der Waals surface area contributed by atoms with Crippen molar-refractivity contribution in [3.63, 3.8) is 0 Å². The maximum Gasteiger partial charge on any atom is -0.000741 e. The summed E-state index contributed by atoms with van der Waals surface area (Å²) >= 11 is 0. The first kappa shape index (κ1) is 41.4. The van der Waals surface area contributed by atoms with Gasteiger partial charge in [0.2, 0.25) is 0 Å². The highest BCUT2D eigenvalue weighted by Crippen LogP contribution is 2.54. The van der Waals surface area contributed by atoms with E-state index in [0.717, 1.165) is 0 Å². The van der Waals surface area contributed by atoms with Gasteiger partial charge >= 0.3 is 0 Å². The van der Waals surface area contributed by atoms with E-state index in [-0.39, 0.29) is 21.7 Å². The number of fused-ring (bicyclic) bond motifs is 6. The lowest BCUT2D eigenvalue weighted by molar-refractivity contribution is 0.590. The molecule has 0 saturated heterocycles. The van der Waals surface area contributed by atoms with Gasteiger partial charge in [-0.2, -0.15) is 0 Å². The SMILES string of the molecule is CC(C)(C)c1ccc(-c2cc3ccccc3c3c(-c4ccc(C(C)(C)C)cc4)c4c(-c5ccc(C(C)(C)C)cc5)cc5ccccc5c4c(-c4ccc(C(C)(C)C)cc4)c23)cc1. The molecule has 0 heterocycles. The van der Waals surface area contributed by atoms with E-state index in [9.17, 15) is 0 Å². The highest BCUT2D eigenvalue weighted by molar-refractivity contribution is 6.36. The molecule has 0 aromatic heterocycles. The van der Waals surface area contributed by atoms with Crippen LogP contribution in [0.15, 0.2) is 158 Å². The van der Waals surface area contributed by atoms with Gasteiger partial charge in [0.25, 0.3) is 0 Å². The van der Waals surface area contributed by atoms with Crippen LogP contribution in [0.4, 0.5) is 0 Å². The standard InChI is InChI=1S/C62H62/c1-59(2,3)45-29-21-39(22-30-45)51-37-43-17-13-15-19-49(43)55-54(42-27-35-48(36-28-42)62(10,11)12)58-52(40-23-31-46(32-24-40)60(4,5)6)38-44-18-14-16-20-50(44)56(58)53(57(51)55)41-25-33-47(34-26-41)61(7,8)9/h13-38H,1-12H3. The monoisotopic (exact) mass is 806 g/mol. The topological polar surface area (TPSA) is 0 Å². The Balaban J connectivity index is 1.58. The molecule has 9 aromatic carbocycles. The summed E-state index contributed by atoms with van der Waals surface area (Å²) in [6.07, 6.45) is 0. The first-order valence-electron chi connectivity index (χ1n) is 22.6. The molecule has 310 valence electrons. The van der Waals surface area contributed by atoms with Crippen molar-refractivity contribution >= 4 is 43.1 Å². The van der Waals surface area contributed by atoms with E-state index >= 15 is 0 Å². The molecule has 0 aliphatic heterocycles. The number of rotatable bonds is 4. The van der Waals surface area contributed by atoms with Crippen LogP contribution in [0.5, 0.6) is 0 Å². The summed E-state index contributed by atoms with van der Waals surface area (Å²) in [5.41, 5.74) is 15.5. The molecule has 0 nitrogen and oxygen atoms in total. The fraction of sp³-hybridized carbons (Fsp3) is 0.258. The first-order chi connectivity index (χ1) is 29.3. The maximum absolute atomic E-state index is 2.46. The molecule has 0 fully saturated rings. The highest BCUT2D eigenvalue weighted by atomic mass is 14.3. The lowest BCUT2D eigenvalue weighted by atomic mass is 9.76. The van der Waals surface area contributed by atoms with Crippen LogP contribution in [0.1, 0.15) is 105 Å². The van der Waals surface area contributed by atoms with Gasteiger partial charge in [-0.25, -0.2) is 0 Å². The lowest BCUT2D eigenvalue weighted by Crippen LogP contribution is -2.10. The first-order valence-corrected chi connectivity index (χ1v) is 22.6. The Morgan fingerprint density at radius 3 is 0.790 bits per heavy atom. The van der Waals surface area contributed by atoms with E-state index in [2.05, 4.69) is 241 Å². The molecule has 62 heavy (non-hydrogen) atoms. The van der Waals surface area contributed by atoms with Crippen molar-refractivity contribution in [2.45, 2.75) is 105 Å². The van der Waals surface area contributed by atoms with Crippen molar-refractivity contribution in [2.24, 2.45) is 0 Å². The van der Waals surface area contributed by atoms with Gasteiger partial charge in [-0.3, -0.25) is 0 Å². The van der Waals surface area contributed by atoms with E-state index in [4.69, 9.17) is 0 Å². The van der Waals surface area contributed by atoms with Gasteiger partial charge in [-0.1, -0.05) is 229 Å². The van der Waals surface area contributed by atoms with Crippen LogP contribution in [0.25, 0.3) is 87.6 Å². The molecule has 0 radical (unpaired) electrons. The third-order valence-electron chi connectivity index (χ3n) is 13.3. The van der Waals surface area contributed by atoms with Crippen LogP contribution in [0.2, 0.25) is 0 Å². The second kappa shape index (κ2) is 14.8. The van der Waals surface area contributed by atoms with Gasteiger partial charge in [0.15, 0.2) is 0 Å². The largest absolute Gasteiger partial charge is 0.0616 e. The second-order valence-electron chi connectivity index (χ2n) is 21.8. The average Bonchev–Trinajstić information content (AvgIpc) is 3.24. The average molecular weight is 807 g/mol. The van der Waals surface area contributed by atoms with Crippen molar-refractivity contribution in [3.8, 4) is 44.5 Å². The third kappa shape index (κ3) is 7.32. The van der Waals surface area contributed by atoms with Crippen LogP contribution >= 0.6 is 0 Å². The van der Waals surface area contributed by atoms with Crippen molar-refractivity contribution in [2.75, 3.05) is 0 Å². The normalized spacial score (nSPS) is 12.8. The minimum absolute atomic E-state index is 0.0288. The molecule has 9 aromatic rings. The van der Waals surface area contributed by atoms with Crippen LogP contribution in [-0.4, -0.2) is 0 Å². The Hall–Kier alpha value is -5.98. The Morgan fingerprint density at radius 1 is 0.258 bits per heavy atom. The van der Waals surface area contributed by atoms with Gasteiger partial charge in [-0.05, 0) is 144 Å². The third-order valence-corrected chi connectivity index (χ3v) is 13.3. The Labute approximate surface area is 370 Å². The molecule has 0 unspecified atom stereocenters. The van der Waals surface area contributed by atoms with Gasteiger partial charge in [0.1, 0.15) is 0 Å². The summed E-state index contributed by atoms with van der Waals surface area (Å²) in [6, 6.07) is 61.0. The van der Waals surface area contributed by atoms with Crippen molar-refractivity contribution < 1.29 is 0 Å². The molecule has 9 rings (SSSR count). The molecule has 0 atom stereocenters. The van der Waals surface area contributed by atoms with Crippen molar-refractivity contribution in [3.05, 3.63) is 180 Å². The Morgan fingerprint density at radius 2 is 0.516 bits per heavy atom. The molecule has 0 spiro atoms. The zero-order valence-electron chi connectivity index (χ0n) is 39.0. The van der Waals surface area contributed by atoms with Gasteiger partial charge in [-0.15, -0.1) is 0 Å². The summed E-state index contributed by atoms with van der Waals surface area (Å²) in [7, 11) is 0.